The van der Waals surface area contributed by atoms with Crippen molar-refractivity contribution in [2.24, 2.45) is 0 Å². The fraction of sp³-hybridized carbons (Fsp3) is 0.472. The quantitative estimate of drug-likeness (QED) is 0.0583. The van der Waals surface area contributed by atoms with E-state index >= 15 is 0 Å². The Hall–Kier alpha value is -6.88. The highest BCUT2D eigenvalue weighted by Gasteiger charge is 2.25. The van der Waals surface area contributed by atoms with Crippen molar-refractivity contribution in [1.82, 2.24) is 40.4 Å². The summed E-state index contributed by atoms with van der Waals surface area (Å²) in [7, 11) is 4.52. The molecule has 16 heteroatoms. The molecule has 0 saturated carbocycles. The van der Waals surface area contributed by atoms with Crippen molar-refractivity contribution in [3.8, 4) is 53.8 Å². The zero-order valence-corrected chi connectivity index (χ0v) is 42.1. The second kappa shape index (κ2) is 32.0. The highest BCUT2D eigenvalue weighted by molar-refractivity contribution is 6.07. The smallest absolute Gasteiger partial charge is 0.407 e. The van der Waals surface area contributed by atoms with Gasteiger partial charge in [-0.1, -0.05) is 59.2 Å². The van der Waals surface area contributed by atoms with Gasteiger partial charge in [0.2, 0.25) is 18.2 Å². The molecule has 16 nitrogen and oxygen atoms in total. The maximum Gasteiger partial charge on any atom is 0.407 e. The number of aromatic nitrogens is 4. The van der Waals surface area contributed by atoms with Gasteiger partial charge in [-0.15, -0.1) is 25.7 Å². The third-order valence-electron chi connectivity index (χ3n) is 11.1. The summed E-state index contributed by atoms with van der Waals surface area (Å²) < 4.78 is 20.3. The zero-order valence-electron chi connectivity index (χ0n) is 42.1. The van der Waals surface area contributed by atoms with Crippen molar-refractivity contribution in [1.29, 1.82) is 0 Å². The Balaban J connectivity index is 0.000000889. The lowest BCUT2D eigenvalue weighted by Gasteiger charge is -2.30. The van der Waals surface area contributed by atoms with Crippen LogP contribution in [0.15, 0.2) is 48.7 Å². The Morgan fingerprint density at radius 2 is 1.48 bits per heavy atom. The third kappa shape index (κ3) is 17.0. The van der Waals surface area contributed by atoms with E-state index in [0.29, 0.717) is 31.2 Å². The molecule has 4 N–H and O–H groups in total. The van der Waals surface area contributed by atoms with Gasteiger partial charge in [0, 0.05) is 50.5 Å². The van der Waals surface area contributed by atoms with Crippen LogP contribution in [0.4, 0.5) is 4.79 Å². The summed E-state index contributed by atoms with van der Waals surface area (Å²) in [6.07, 6.45) is 25.1. The van der Waals surface area contributed by atoms with Crippen molar-refractivity contribution in [3.05, 3.63) is 65.9 Å². The fourth-order valence-electron chi connectivity index (χ4n) is 7.59. The van der Waals surface area contributed by atoms with Gasteiger partial charge in [0.25, 0.3) is 0 Å². The first kappa shape index (κ1) is 58.2. The zero-order chi connectivity index (χ0) is 51.3. The van der Waals surface area contributed by atoms with E-state index < -0.39 is 6.09 Å². The number of amides is 4. The number of benzene rings is 3. The summed E-state index contributed by atoms with van der Waals surface area (Å²) in [6.45, 7) is 15.1. The Kier molecular flexibility index (Phi) is 27.0. The number of nitrogens with zero attached hydrogens (tertiary/aromatic N) is 4. The lowest BCUT2D eigenvalue weighted by Crippen LogP contribution is -2.45. The number of H-pyrrole nitrogens is 2. The first-order valence-electron chi connectivity index (χ1n) is 23.5. The monoisotopic (exact) mass is 951 g/mol. The number of carbonyl (C=O) groups excluding carboxylic acids is 4. The molecule has 3 aromatic carbocycles. The molecule has 2 aliphatic heterocycles. The molecule has 2 aliphatic rings. The summed E-state index contributed by atoms with van der Waals surface area (Å²) in [4.78, 5) is 68.1. The number of alkyl carbamates (subject to hydrolysis) is 1. The van der Waals surface area contributed by atoms with Crippen LogP contribution in [0.5, 0.6) is 5.75 Å². The predicted molar refractivity (Wildman–Crippen MR) is 274 cm³/mol. The average molecular weight is 951 g/mol. The van der Waals surface area contributed by atoms with Gasteiger partial charge in [-0.3, -0.25) is 14.4 Å². The fourth-order valence-corrected chi connectivity index (χ4v) is 7.59. The van der Waals surface area contributed by atoms with Gasteiger partial charge in [0.05, 0.1) is 49.7 Å². The molecule has 0 spiro atoms. The van der Waals surface area contributed by atoms with E-state index in [1.165, 1.54) is 32.8 Å². The number of terminal acetylenes is 2. The molecule has 0 unspecified atom stereocenters. The van der Waals surface area contributed by atoms with Gasteiger partial charge in [-0.05, 0) is 91.8 Å². The summed E-state index contributed by atoms with van der Waals surface area (Å²) in [6, 6.07) is 14.4. The second-order valence-corrected chi connectivity index (χ2v) is 16.0. The lowest BCUT2D eigenvalue weighted by molar-refractivity contribution is -0.134. The van der Waals surface area contributed by atoms with Gasteiger partial charge in [-0.2, -0.15) is 0 Å². The van der Waals surface area contributed by atoms with Crippen LogP contribution >= 0.6 is 0 Å². The maximum absolute atomic E-state index is 13.2. The van der Waals surface area contributed by atoms with Crippen LogP contribution in [-0.2, 0) is 48.3 Å². The number of carbonyl (C=O) groups is 4. The van der Waals surface area contributed by atoms with Gasteiger partial charge in [-0.25, -0.2) is 14.8 Å². The second-order valence-electron chi connectivity index (χ2n) is 16.0. The van der Waals surface area contributed by atoms with Crippen LogP contribution < -0.4 is 15.4 Å². The molecule has 7 rings (SSSR count). The van der Waals surface area contributed by atoms with Gasteiger partial charge in [0.15, 0.2) is 0 Å². The molecule has 1 fully saturated rings. The summed E-state index contributed by atoms with van der Waals surface area (Å²) in [5.74, 6) is 1.69. The Bertz CT molecular complexity index is 2360. The number of hydrogen-bond acceptors (Lipinski definition) is 10. The standard InChI is InChI=1S/C39H46N8O6.C5H10O.C3H8.C2H6O.2C2H2/c1-6-23(4)46(36(49)17-40-22-48)19-34-41-16-32(44-34)25-9-11-28-26(13-25)21-53-33-15-29-24(14-30(28)33)10-12-31-38(29)45-35(43-31)20-47(27(7-2)8-3)37(50)18-42-39(51)52-5;1-2-4-6-5-3-1;2*1-3-2;2*1-2/h9-16,22-23,27H,6-8,17-21H2,1-5H3,(H,40,48)(H,41,44)(H,42,51)(H,43,45);1-5H2;3H2,1-2H3;1-2H3;2*1-2H/t23-;;;;;/m0...../s1. The van der Waals surface area contributed by atoms with Crippen molar-refractivity contribution in [3.63, 3.8) is 0 Å². The molecule has 69 heavy (non-hydrogen) atoms. The van der Waals surface area contributed by atoms with Crippen molar-refractivity contribution >= 4 is 46.1 Å². The van der Waals surface area contributed by atoms with Crippen LogP contribution in [0.2, 0.25) is 0 Å². The van der Waals surface area contributed by atoms with Gasteiger partial charge < -0.3 is 49.3 Å². The number of rotatable bonds is 15. The highest BCUT2D eigenvalue weighted by Crippen LogP contribution is 2.42. The third-order valence-corrected chi connectivity index (χ3v) is 11.1. The van der Waals surface area contributed by atoms with Crippen LogP contribution in [-0.4, -0.2) is 114 Å². The van der Waals surface area contributed by atoms with Gasteiger partial charge in [0.1, 0.15) is 30.5 Å². The molecular formula is C53H74N8O8. The van der Waals surface area contributed by atoms with E-state index in [1.54, 1.807) is 30.2 Å². The van der Waals surface area contributed by atoms with Crippen LogP contribution in [0.25, 0.3) is 44.2 Å². The molecule has 1 saturated heterocycles. The number of nitrogens with one attached hydrogen (secondary N) is 4. The number of aromatic amines is 2. The molecule has 0 radical (unpaired) electrons. The molecule has 4 amide bonds. The van der Waals surface area contributed by atoms with Gasteiger partial charge >= 0.3 is 6.09 Å². The largest absolute Gasteiger partial charge is 0.488 e. The molecule has 2 aromatic heterocycles. The average Bonchev–Trinajstić information content (AvgIpc) is 4.05. The number of hydrogen-bond donors (Lipinski definition) is 4. The molecule has 4 heterocycles. The topological polar surface area (TPSA) is 193 Å². The maximum atomic E-state index is 13.2. The van der Waals surface area contributed by atoms with E-state index in [-0.39, 0.29) is 43.5 Å². The summed E-state index contributed by atoms with van der Waals surface area (Å²) >= 11 is 0. The van der Waals surface area contributed by atoms with Crippen LogP contribution in [0.3, 0.4) is 0 Å². The summed E-state index contributed by atoms with van der Waals surface area (Å²) in [5, 5.41) is 6.90. The normalized spacial score (nSPS) is 12.3. The molecule has 1 atom stereocenters. The first-order valence-corrected chi connectivity index (χ1v) is 23.5. The SMILES string of the molecule is C#C.C#C.C1CCOCC1.CCC.CCC(CC)N(Cc1nc2c(ccc3cc4c(cc32)OCc2cc(-c3cnc(CN(C(=O)CNC=O)[C@@H](C)CC)[nH]3)ccc2-4)[nH]1)C(=O)CNC(=O)OC.COC. The highest BCUT2D eigenvalue weighted by atomic mass is 16.5. The minimum atomic E-state index is -0.653. The minimum Gasteiger partial charge on any atom is -0.488 e. The van der Waals surface area contributed by atoms with E-state index in [2.05, 4.69) is 105 Å². The van der Waals surface area contributed by atoms with E-state index in [4.69, 9.17) is 14.5 Å². The minimum absolute atomic E-state index is 0.0171. The first-order chi connectivity index (χ1) is 33.5. The van der Waals surface area contributed by atoms with Crippen molar-refractivity contribution in [2.45, 2.75) is 118 Å². The van der Waals surface area contributed by atoms with E-state index in [9.17, 15) is 19.2 Å². The Morgan fingerprint density at radius 1 is 0.826 bits per heavy atom. The molecule has 0 aliphatic carbocycles. The van der Waals surface area contributed by atoms with Crippen molar-refractivity contribution in [2.75, 3.05) is 47.6 Å². The Labute approximate surface area is 409 Å². The Morgan fingerprint density at radius 3 is 2.06 bits per heavy atom. The molecule has 374 valence electrons. The van der Waals surface area contributed by atoms with E-state index in [0.717, 1.165) is 88.0 Å². The lowest BCUT2D eigenvalue weighted by atomic mass is 9.92. The van der Waals surface area contributed by atoms with E-state index in [1.807, 2.05) is 39.8 Å². The predicted octanol–water partition coefficient (Wildman–Crippen LogP) is 8.78. The molecule has 5 aromatic rings. The molecule has 0 bridgehead atoms. The number of methoxy groups -OCH3 is 2. The number of imidazole rings is 2. The summed E-state index contributed by atoms with van der Waals surface area (Å²) in [5.41, 5.74) is 6.53. The number of fused-ring (bicyclic) bond motifs is 6. The van der Waals surface area contributed by atoms with Crippen LogP contribution in [0.1, 0.15) is 104 Å². The van der Waals surface area contributed by atoms with Crippen LogP contribution in [0, 0.1) is 25.7 Å². The number of ether oxygens (including phenoxy) is 4. The molecular weight excluding hydrogens is 877 g/mol. The van der Waals surface area contributed by atoms with Crippen molar-refractivity contribution < 1.29 is 38.1 Å².